The van der Waals surface area contributed by atoms with E-state index in [4.69, 9.17) is 5.73 Å². The lowest BCUT2D eigenvalue weighted by Crippen LogP contribution is -2.43. The topological polar surface area (TPSA) is 191 Å². The predicted octanol–water partition coefficient (Wildman–Crippen LogP) is 8.95. The molecule has 25 heteroatoms. The number of carboxylic acid groups (broad SMARTS) is 1. The second-order valence-corrected chi connectivity index (χ2v) is 15.9. The average Bonchev–Trinajstić information content (AvgIpc) is 3.99. The fourth-order valence-corrected chi connectivity index (χ4v) is 7.43. The van der Waals surface area contributed by atoms with Crippen LogP contribution in [0.5, 0.6) is 0 Å². The highest BCUT2D eigenvalue weighted by molar-refractivity contribution is 5.97. The number of nitrogens with one attached hydrogen (secondary N) is 2. The zero-order valence-corrected chi connectivity index (χ0v) is 37.4. The summed E-state index contributed by atoms with van der Waals surface area (Å²) in [6.07, 6.45) is -6.55. The maximum absolute atomic E-state index is 14.7. The normalized spacial score (nSPS) is 13.3. The molecular weight excluding hydrogens is 968 g/mol. The van der Waals surface area contributed by atoms with E-state index in [-0.39, 0.29) is 40.1 Å². The molecule has 0 radical (unpaired) electrons. The quantitative estimate of drug-likeness (QED) is 0.0637. The third-order valence-electron chi connectivity index (χ3n) is 10.8. The molecule has 14 nitrogen and oxygen atoms in total. The molecule has 0 aliphatic heterocycles. The number of nitrogens with two attached hydrogens (primary N) is 1. The standard InChI is InChI=1S/C28H23F8N5O3.C18H17F3N4O2/c1-3-21(28(34,35)36)39-14-9-18(29)22(19(30)10-14)25(42)40-20(26(43)44)11-15-4-5-16(24-37-6-7-41(15)24)23-17(27(31,32)33)8-13(2)12-38-23;1-10-7-13(18(19,20)21)15(24-9-10)12-4-3-11(8-14(22)17(26)27-2)25-6-5-23-16(12)25/h4-10,12,20-21,39H,3,11H2,1-2H3,(H,40,42)(H,43,44);3-7,9,14H,8,22H2,1-2H3/t20-,21+;14-/m00/s1. The lowest BCUT2D eigenvalue weighted by Gasteiger charge is -2.22. The Hall–Kier alpha value is -7.70. The zero-order chi connectivity index (χ0) is 52.3. The summed E-state index contributed by atoms with van der Waals surface area (Å²) in [5, 5.41) is 13.7. The number of imidazole rings is 2. The smallest absolute Gasteiger partial charge is 0.418 e. The van der Waals surface area contributed by atoms with Gasteiger partial charge in [0.05, 0.1) is 29.6 Å². The van der Waals surface area contributed by atoms with Crippen LogP contribution in [0.1, 0.15) is 57.3 Å². The Balaban J connectivity index is 0.000000261. The molecule has 6 heterocycles. The van der Waals surface area contributed by atoms with E-state index in [1.165, 1.54) is 74.5 Å². The number of rotatable bonds is 13. The first kappa shape index (κ1) is 52.7. The molecule has 7 rings (SSSR count). The number of methoxy groups -OCH3 is 1. The number of carbonyl (C=O) groups excluding carboxylic acids is 2. The van der Waals surface area contributed by atoms with Crippen molar-refractivity contribution >= 4 is 34.8 Å². The summed E-state index contributed by atoms with van der Waals surface area (Å²) in [5.74, 6) is -6.78. The number of aryl methyl sites for hydroxylation is 2. The summed E-state index contributed by atoms with van der Waals surface area (Å²) in [6.45, 7) is 4.20. The number of pyridine rings is 4. The molecule has 0 bridgehead atoms. The summed E-state index contributed by atoms with van der Waals surface area (Å²) < 4.78 is 158. The molecule has 1 aromatic carbocycles. The number of ether oxygens (including phenoxy) is 1. The third-order valence-corrected chi connectivity index (χ3v) is 10.8. The van der Waals surface area contributed by atoms with E-state index in [2.05, 4.69) is 24.7 Å². The average molecular weight is 1010 g/mol. The van der Waals surface area contributed by atoms with Crippen LogP contribution in [0.3, 0.4) is 0 Å². The van der Waals surface area contributed by atoms with Gasteiger partial charge in [0, 0.05) is 78.2 Å². The largest absolute Gasteiger partial charge is 0.480 e. The third kappa shape index (κ3) is 11.8. The van der Waals surface area contributed by atoms with Gasteiger partial charge in [-0.25, -0.2) is 23.5 Å². The van der Waals surface area contributed by atoms with Crippen molar-refractivity contribution < 1.29 is 72.5 Å². The second kappa shape index (κ2) is 20.7. The van der Waals surface area contributed by atoms with Gasteiger partial charge in [-0.1, -0.05) is 6.92 Å². The molecule has 0 saturated carbocycles. The molecule has 0 unspecified atom stereocenters. The van der Waals surface area contributed by atoms with Crippen LogP contribution < -0.4 is 16.4 Å². The van der Waals surface area contributed by atoms with Gasteiger partial charge in [-0.15, -0.1) is 0 Å². The molecular formula is C46H40F11N9O5. The Bertz CT molecular complexity index is 3090. The van der Waals surface area contributed by atoms with E-state index < -0.39 is 107 Å². The Morgan fingerprint density at radius 2 is 1.20 bits per heavy atom. The fraction of sp³-hybridized carbons (Fsp3) is 0.283. The number of benzene rings is 1. The number of carboxylic acids is 1. The van der Waals surface area contributed by atoms with E-state index in [1.54, 1.807) is 23.6 Å². The van der Waals surface area contributed by atoms with Crippen LogP contribution in [-0.4, -0.2) is 83.1 Å². The second-order valence-electron chi connectivity index (χ2n) is 15.9. The van der Waals surface area contributed by atoms with E-state index >= 15 is 0 Å². The van der Waals surface area contributed by atoms with Crippen LogP contribution in [0, 0.1) is 25.5 Å². The summed E-state index contributed by atoms with van der Waals surface area (Å²) in [6, 6.07) is 3.78. The van der Waals surface area contributed by atoms with Gasteiger partial charge in [0.2, 0.25) is 0 Å². The number of hydrogen-bond acceptors (Lipinski definition) is 10. The van der Waals surface area contributed by atoms with Crippen molar-refractivity contribution in [3.05, 3.63) is 137 Å². The van der Waals surface area contributed by atoms with Crippen LogP contribution in [0.15, 0.2) is 85.7 Å². The molecule has 5 N–H and O–H groups in total. The number of nitrogens with zero attached hydrogens (tertiary/aromatic N) is 6. The van der Waals surface area contributed by atoms with Crippen LogP contribution in [0.25, 0.3) is 33.8 Å². The molecule has 1 amide bonds. The van der Waals surface area contributed by atoms with E-state index in [9.17, 15) is 67.8 Å². The molecule has 3 atom stereocenters. The fourth-order valence-electron chi connectivity index (χ4n) is 7.43. The summed E-state index contributed by atoms with van der Waals surface area (Å²) in [5.41, 5.74) is 3.47. The van der Waals surface area contributed by atoms with Crippen LogP contribution in [0.4, 0.5) is 54.0 Å². The Kier molecular flexibility index (Phi) is 15.4. The predicted molar refractivity (Wildman–Crippen MR) is 233 cm³/mol. The van der Waals surface area contributed by atoms with Gasteiger partial charge in [0.25, 0.3) is 5.91 Å². The van der Waals surface area contributed by atoms with Gasteiger partial charge in [-0.05, 0) is 79.9 Å². The van der Waals surface area contributed by atoms with Crippen molar-refractivity contribution in [1.82, 2.24) is 34.1 Å². The minimum Gasteiger partial charge on any atom is -0.480 e. The Labute approximate surface area is 394 Å². The lowest BCUT2D eigenvalue weighted by atomic mass is 10.0. The minimum atomic E-state index is -4.75. The first-order valence-electron chi connectivity index (χ1n) is 20.9. The van der Waals surface area contributed by atoms with Gasteiger partial charge in [0.1, 0.15) is 46.6 Å². The lowest BCUT2D eigenvalue weighted by molar-refractivity contribution is -0.143. The van der Waals surface area contributed by atoms with Gasteiger partial charge >= 0.3 is 30.5 Å². The number of halogens is 11. The van der Waals surface area contributed by atoms with Crippen LogP contribution >= 0.6 is 0 Å². The maximum atomic E-state index is 14.7. The van der Waals surface area contributed by atoms with Crippen molar-refractivity contribution in [2.24, 2.45) is 5.73 Å². The molecule has 0 spiro atoms. The highest BCUT2D eigenvalue weighted by Crippen LogP contribution is 2.39. The first-order valence-corrected chi connectivity index (χ1v) is 20.9. The molecule has 0 aliphatic rings. The highest BCUT2D eigenvalue weighted by Gasteiger charge is 2.39. The monoisotopic (exact) mass is 1010 g/mol. The number of fused-ring (bicyclic) bond motifs is 2. The number of anilines is 1. The SMILES string of the molecule is CC[C@@H](Nc1cc(F)c(C(=O)N[C@@H](Cc2ccc(-c3ncc(C)cc3C(F)(F)F)c3nccn23)C(=O)O)c(F)c1)C(F)(F)F.COC(=O)[C@@H](N)Cc1ccc(-c2ncc(C)cc2C(F)(F)F)c2nccn12. The molecule has 0 aliphatic carbocycles. The van der Waals surface area contributed by atoms with Crippen LogP contribution in [0.2, 0.25) is 0 Å². The first-order chi connectivity index (χ1) is 33.2. The minimum absolute atomic E-state index is 0.00997. The van der Waals surface area contributed by atoms with Crippen molar-refractivity contribution in [2.75, 3.05) is 12.4 Å². The summed E-state index contributed by atoms with van der Waals surface area (Å²) in [7, 11) is 1.24. The summed E-state index contributed by atoms with van der Waals surface area (Å²) in [4.78, 5) is 52.5. The van der Waals surface area contributed by atoms with Crippen molar-refractivity contribution in [3.8, 4) is 22.5 Å². The van der Waals surface area contributed by atoms with Crippen molar-refractivity contribution in [1.29, 1.82) is 0 Å². The molecule has 0 fully saturated rings. The van der Waals surface area contributed by atoms with Gasteiger partial charge in [0.15, 0.2) is 0 Å². The number of alkyl halides is 9. The highest BCUT2D eigenvalue weighted by atomic mass is 19.4. The molecule has 376 valence electrons. The van der Waals surface area contributed by atoms with Crippen molar-refractivity contribution in [2.45, 2.75) is 76.7 Å². The molecule has 71 heavy (non-hydrogen) atoms. The molecule has 6 aromatic heterocycles. The van der Waals surface area contributed by atoms with Gasteiger partial charge < -0.3 is 35.0 Å². The molecule has 0 saturated heterocycles. The Morgan fingerprint density at radius 1 is 0.732 bits per heavy atom. The van der Waals surface area contributed by atoms with Gasteiger partial charge in [-0.2, -0.15) is 39.5 Å². The number of aliphatic carboxylic acids is 1. The molecule has 7 aromatic rings. The number of amides is 1. The van der Waals surface area contributed by atoms with Crippen molar-refractivity contribution in [3.63, 3.8) is 0 Å². The van der Waals surface area contributed by atoms with Gasteiger partial charge in [-0.3, -0.25) is 19.6 Å². The number of carbonyl (C=O) groups is 3. The van der Waals surface area contributed by atoms with E-state index in [1.807, 2.05) is 10.6 Å². The Morgan fingerprint density at radius 3 is 1.61 bits per heavy atom. The maximum Gasteiger partial charge on any atom is 0.418 e. The van der Waals surface area contributed by atoms with Crippen LogP contribution in [-0.2, 0) is 39.5 Å². The number of esters is 1. The van der Waals surface area contributed by atoms with E-state index in [0.717, 1.165) is 12.1 Å². The number of hydrogen-bond donors (Lipinski definition) is 4. The zero-order valence-electron chi connectivity index (χ0n) is 37.4. The van der Waals surface area contributed by atoms with E-state index in [0.29, 0.717) is 29.0 Å². The number of aromatic nitrogens is 6. The summed E-state index contributed by atoms with van der Waals surface area (Å²) >= 11 is 0.